The summed E-state index contributed by atoms with van der Waals surface area (Å²) < 4.78 is 5.61. The average molecular weight is 471 g/mol. The van der Waals surface area contributed by atoms with Crippen molar-refractivity contribution in [3.05, 3.63) is 89.0 Å². The van der Waals surface area contributed by atoms with Crippen LogP contribution < -0.4 is 10.6 Å². The predicted molar refractivity (Wildman–Crippen MR) is 132 cm³/mol. The Morgan fingerprint density at radius 2 is 1.60 bits per heavy atom. The number of nitrogens with one attached hydrogen (secondary N) is 2. The van der Waals surface area contributed by atoms with Crippen molar-refractivity contribution < 1.29 is 24.2 Å². The summed E-state index contributed by atoms with van der Waals surface area (Å²) in [6, 6.07) is 21.1. The maximum Gasteiger partial charge on any atom is 0.411 e. The van der Waals surface area contributed by atoms with Crippen molar-refractivity contribution in [2.24, 2.45) is 0 Å². The Morgan fingerprint density at radius 3 is 2.17 bits per heavy atom. The van der Waals surface area contributed by atoms with Gasteiger partial charge in [0.2, 0.25) is 0 Å². The molecule has 0 atom stereocenters. The number of carbonyl (C=O) groups is 3. The van der Waals surface area contributed by atoms with Gasteiger partial charge in [-0.15, -0.1) is 0 Å². The van der Waals surface area contributed by atoms with E-state index in [1.165, 1.54) is 0 Å². The molecule has 3 aromatic rings. The number of amides is 2. The van der Waals surface area contributed by atoms with E-state index >= 15 is 0 Å². The molecule has 0 aromatic heterocycles. The number of benzene rings is 3. The van der Waals surface area contributed by atoms with Crippen LogP contribution in [0.3, 0.4) is 0 Å². The third-order valence-corrected chi connectivity index (χ3v) is 7.05. The van der Waals surface area contributed by atoms with E-state index in [2.05, 4.69) is 34.9 Å². The fourth-order valence-corrected chi connectivity index (χ4v) is 4.85. The zero-order valence-corrected chi connectivity index (χ0v) is 19.3. The van der Waals surface area contributed by atoms with Crippen LogP contribution >= 0.6 is 0 Å². The van der Waals surface area contributed by atoms with E-state index in [1.807, 2.05) is 31.2 Å². The molecule has 1 fully saturated rings. The molecule has 2 aliphatic rings. The Hall–Kier alpha value is -4.13. The van der Waals surface area contributed by atoms with E-state index in [4.69, 9.17) is 4.74 Å². The van der Waals surface area contributed by atoms with Gasteiger partial charge >= 0.3 is 12.1 Å². The second kappa shape index (κ2) is 8.91. The van der Waals surface area contributed by atoms with Crippen LogP contribution in [0.25, 0.3) is 11.1 Å². The highest BCUT2D eigenvalue weighted by molar-refractivity contribution is 5.99. The summed E-state index contributed by atoms with van der Waals surface area (Å²) in [6.45, 7) is 1.99. The van der Waals surface area contributed by atoms with Crippen LogP contribution in [-0.4, -0.2) is 35.2 Å². The molecule has 178 valence electrons. The van der Waals surface area contributed by atoms with Crippen LogP contribution in [0.2, 0.25) is 0 Å². The van der Waals surface area contributed by atoms with Crippen LogP contribution in [0.4, 0.5) is 10.5 Å². The van der Waals surface area contributed by atoms with Gasteiger partial charge in [0.15, 0.2) is 0 Å². The van der Waals surface area contributed by atoms with E-state index in [1.54, 1.807) is 18.2 Å². The van der Waals surface area contributed by atoms with Gasteiger partial charge in [-0.3, -0.25) is 10.1 Å². The minimum atomic E-state index is -1.21. The Morgan fingerprint density at radius 1 is 0.971 bits per heavy atom. The second-order valence-electron chi connectivity index (χ2n) is 9.18. The van der Waals surface area contributed by atoms with Crippen molar-refractivity contribution in [2.75, 3.05) is 11.9 Å². The highest BCUT2D eigenvalue weighted by Gasteiger charge is 2.45. The molecule has 0 saturated heterocycles. The number of ether oxygens (including phenoxy) is 1. The zero-order valence-electron chi connectivity index (χ0n) is 19.3. The number of anilines is 1. The molecule has 0 radical (unpaired) electrons. The fourth-order valence-electron chi connectivity index (χ4n) is 4.85. The lowest BCUT2D eigenvalue weighted by Gasteiger charge is -2.38. The van der Waals surface area contributed by atoms with Crippen LogP contribution in [-0.2, 0) is 9.53 Å². The summed E-state index contributed by atoms with van der Waals surface area (Å²) in [7, 11) is 0. The molecular formula is C28H26N2O5. The number of carboxylic acids is 1. The van der Waals surface area contributed by atoms with Gasteiger partial charge in [0, 0.05) is 17.2 Å². The van der Waals surface area contributed by atoms with Crippen molar-refractivity contribution in [1.82, 2.24) is 5.32 Å². The van der Waals surface area contributed by atoms with Gasteiger partial charge in [0.1, 0.15) is 12.1 Å². The standard InChI is InChI=1S/C28H26N2O5/c1-17-11-12-18(25(31)30-28(26(32)33)13-6-14-28)15-24(17)29-27(34)35-16-23-21-9-4-2-7-19(21)20-8-3-5-10-22(20)23/h2-5,7-12,15,23H,6,13-14,16H2,1H3,(H,29,34)(H,30,31)(H,32,33). The zero-order chi connectivity index (χ0) is 24.6. The number of aliphatic carboxylic acids is 1. The monoisotopic (exact) mass is 470 g/mol. The van der Waals surface area contributed by atoms with Crippen molar-refractivity contribution in [2.45, 2.75) is 37.6 Å². The summed E-state index contributed by atoms with van der Waals surface area (Å²) >= 11 is 0. The van der Waals surface area contributed by atoms with Gasteiger partial charge in [-0.25, -0.2) is 9.59 Å². The summed E-state index contributed by atoms with van der Waals surface area (Å²) in [6.07, 6.45) is 0.957. The molecule has 0 spiro atoms. The Bertz CT molecular complexity index is 1280. The lowest BCUT2D eigenvalue weighted by Crippen LogP contribution is -2.59. The maximum atomic E-state index is 12.7. The van der Waals surface area contributed by atoms with Gasteiger partial charge in [-0.1, -0.05) is 54.6 Å². The van der Waals surface area contributed by atoms with Crippen LogP contribution in [0, 0.1) is 6.92 Å². The normalized spacial score (nSPS) is 15.3. The van der Waals surface area contributed by atoms with E-state index in [0.29, 0.717) is 18.5 Å². The summed E-state index contributed by atoms with van der Waals surface area (Å²) in [5.41, 5.74) is 4.81. The molecular weight excluding hydrogens is 444 g/mol. The first-order valence-electron chi connectivity index (χ1n) is 11.7. The third-order valence-electron chi connectivity index (χ3n) is 7.05. The van der Waals surface area contributed by atoms with Gasteiger partial charge in [-0.2, -0.15) is 0 Å². The molecule has 0 aliphatic heterocycles. The maximum absolute atomic E-state index is 12.7. The van der Waals surface area contributed by atoms with Crippen LogP contribution in [0.5, 0.6) is 0 Å². The first-order chi connectivity index (χ1) is 16.9. The molecule has 7 nitrogen and oxygen atoms in total. The summed E-state index contributed by atoms with van der Waals surface area (Å²) in [5.74, 6) is -1.56. The second-order valence-corrected chi connectivity index (χ2v) is 9.18. The smallest absolute Gasteiger partial charge is 0.411 e. The quantitative estimate of drug-likeness (QED) is 0.465. The Kier molecular flexibility index (Phi) is 5.76. The predicted octanol–water partition coefficient (Wildman–Crippen LogP) is 5.09. The minimum Gasteiger partial charge on any atom is -0.480 e. The Labute approximate surface area is 203 Å². The molecule has 7 heteroatoms. The lowest BCUT2D eigenvalue weighted by molar-refractivity contribution is -0.148. The first kappa shape index (κ1) is 22.7. The molecule has 3 N–H and O–H groups in total. The Balaban J connectivity index is 1.27. The van der Waals surface area contributed by atoms with E-state index in [0.717, 1.165) is 34.2 Å². The summed E-state index contributed by atoms with van der Waals surface area (Å²) in [4.78, 5) is 37.0. The number of rotatable bonds is 6. The third kappa shape index (κ3) is 4.14. The van der Waals surface area contributed by atoms with E-state index in [9.17, 15) is 19.5 Å². The highest BCUT2D eigenvalue weighted by Crippen LogP contribution is 2.44. The highest BCUT2D eigenvalue weighted by atomic mass is 16.5. The van der Waals surface area contributed by atoms with Crippen LogP contribution in [0.15, 0.2) is 66.7 Å². The number of carboxylic acid groups (broad SMARTS) is 1. The molecule has 0 unspecified atom stereocenters. The van der Waals surface area contributed by atoms with Crippen molar-refractivity contribution >= 4 is 23.7 Å². The molecule has 2 amide bonds. The van der Waals surface area contributed by atoms with Crippen molar-refractivity contribution in [3.8, 4) is 11.1 Å². The number of aryl methyl sites for hydroxylation is 1. The van der Waals surface area contributed by atoms with Gasteiger partial charge < -0.3 is 15.2 Å². The van der Waals surface area contributed by atoms with Crippen molar-refractivity contribution in [3.63, 3.8) is 0 Å². The molecule has 3 aromatic carbocycles. The number of hydrogen-bond donors (Lipinski definition) is 3. The molecule has 2 aliphatic carbocycles. The molecule has 0 bridgehead atoms. The van der Waals surface area contributed by atoms with Crippen molar-refractivity contribution in [1.29, 1.82) is 0 Å². The van der Waals surface area contributed by atoms with Gasteiger partial charge in [0.05, 0.1) is 0 Å². The molecule has 5 rings (SSSR count). The van der Waals surface area contributed by atoms with Crippen LogP contribution in [0.1, 0.15) is 52.2 Å². The number of fused-ring (bicyclic) bond motifs is 3. The SMILES string of the molecule is Cc1ccc(C(=O)NC2(C(=O)O)CCC2)cc1NC(=O)OCC1c2ccccc2-c2ccccc21. The number of carbonyl (C=O) groups excluding carboxylic acids is 2. The molecule has 35 heavy (non-hydrogen) atoms. The summed E-state index contributed by atoms with van der Waals surface area (Å²) in [5, 5.41) is 14.9. The first-order valence-corrected chi connectivity index (χ1v) is 11.7. The van der Waals surface area contributed by atoms with E-state index in [-0.39, 0.29) is 18.1 Å². The lowest BCUT2D eigenvalue weighted by atomic mass is 9.76. The molecule has 1 saturated carbocycles. The average Bonchev–Trinajstić information content (AvgIpc) is 3.15. The van der Waals surface area contributed by atoms with E-state index < -0.39 is 23.5 Å². The molecule has 0 heterocycles. The fraction of sp³-hybridized carbons (Fsp3) is 0.250. The largest absolute Gasteiger partial charge is 0.480 e. The number of hydrogen-bond acceptors (Lipinski definition) is 4. The van der Waals surface area contributed by atoms with Gasteiger partial charge in [-0.05, 0) is 66.1 Å². The van der Waals surface area contributed by atoms with Gasteiger partial charge in [0.25, 0.3) is 5.91 Å². The minimum absolute atomic E-state index is 0.0546. The topological polar surface area (TPSA) is 105 Å².